The molecule has 0 N–H and O–H groups in total. The number of rotatable bonds is 2. The Balaban J connectivity index is 2.04. The fourth-order valence-corrected chi connectivity index (χ4v) is 7.24. The number of allylic oxidation sites excluding steroid dienone is 2. The van der Waals surface area contributed by atoms with Gasteiger partial charge in [0.25, 0.3) is 0 Å². The Bertz CT molecular complexity index is 1530. The SMILES string of the molecule is CCc1csc2c1C(=C(C#N)C#N)c1c(F)c3c(c(F)c1-2)C(=C(C#N)C#N)c1c(CC)csc1-3. The number of nitriles is 4. The van der Waals surface area contributed by atoms with E-state index in [1.54, 1.807) is 0 Å². The van der Waals surface area contributed by atoms with Crippen LogP contribution in [0.15, 0.2) is 21.9 Å². The lowest BCUT2D eigenvalue weighted by atomic mass is 9.91. The van der Waals surface area contributed by atoms with E-state index in [9.17, 15) is 21.0 Å². The predicted octanol–water partition coefficient (Wildman–Crippen LogP) is 6.87. The molecule has 2 heterocycles. The standard InChI is InChI=1S/C26H12F2N4S2/c1-3-11-9-33-25-17(11)15(13(5-29)6-30)19-21(25)24(28)20-16(14(7-31)8-32)18-12(4-2)10-34-26(18)22(20)23(19)27/h9-10H,3-4H2,1-2H3. The van der Waals surface area contributed by atoms with Gasteiger partial charge in [0.1, 0.15) is 47.1 Å². The second-order valence-corrected chi connectivity index (χ2v) is 9.47. The van der Waals surface area contributed by atoms with E-state index < -0.39 is 11.6 Å². The molecule has 0 amide bonds. The maximum absolute atomic E-state index is 16.5. The minimum absolute atomic E-state index is 0.0186. The van der Waals surface area contributed by atoms with Crippen LogP contribution in [-0.2, 0) is 12.8 Å². The molecule has 0 spiro atoms. The molecule has 0 aliphatic heterocycles. The fourth-order valence-electron chi connectivity index (χ4n) is 4.83. The Morgan fingerprint density at radius 2 is 1.00 bits per heavy atom. The third-order valence-corrected chi connectivity index (χ3v) is 8.37. The summed E-state index contributed by atoms with van der Waals surface area (Å²) < 4.78 is 32.9. The summed E-state index contributed by atoms with van der Waals surface area (Å²) in [6.45, 7) is 3.79. The number of benzene rings is 1. The molecule has 3 aromatic rings. The van der Waals surface area contributed by atoms with Crippen molar-refractivity contribution in [1.29, 1.82) is 21.0 Å². The van der Waals surface area contributed by atoms with Gasteiger partial charge >= 0.3 is 0 Å². The highest BCUT2D eigenvalue weighted by Gasteiger charge is 2.43. The first-order valence-corrected chi connectivity index (χ1v) is 12.1. The average Bonchev–Trinajstić information content (AvgIpc) is 3.59. The van der Waals surface area contributed by atoms with Gasteiger partial charge in [0.2, 0.25) is 0 Å². The summed E-state index contributed by atoms with van der Waals surface area (Å²) in [5, 5.41) is 42.2. The first kappa shape index (κ1) is 21.7. The molecule has 2 aliphatic carbocycles. The molecule has 5 rings (SSSR count). The molecule has 34 heavy (non-hydrogen) atoms. The zero-order chi connectivity index (χ0) is 24.3. The Morgan fingerprint density at radius 3 is 1.29 bits per heavy atom. The van der Waals surface area contributed by atoms with Crippen LogP contribution in [0.25, 0.3) is 32.0 Å². The van der Waals surface area contributed by atoms with E-state index >= 15 is 8.78 Å². The van der Waals surface area contributed by atoms with Crippen molar-refractivity contribution in [1.82, 2.24) is 0 Å². The van der Waals surface area contributed by atoms with Crippen LogP contribution in [0.4, 0.5) is 8.78 Å². The Morgan fingerprint density at radius 1 is 0.647 bits per heavy atom. The largest absolute Gasteiger partial charge is 0.206 e. The van der Waals surface area contributed by atoms with E-state index in [-0.39, 0.29) is 44.5 Å². The van der Waals surface area contributed by atoms with Crippen LogP contribution in [0, 0.1) is 57.0 Å². The van der Waals surface area contributed by atoms with E-state index in [0.29, 0.717) is 33.7 Å². The normalized spacial score (nSPS) is 12.1. The smallest absolute Gasteiger partial charge is 0.141 e. The Hall–Kier alpha value is -4.08. The first-order chi connectivity index (χ1) is 16.5. The molecule has 0 unspecified atom stereocenters. The van der Waals surface area contributed by atoms with Crippen molar-refractivity contribution in [2.45, 2.75) is 26.7 Å². The topological polar surface area (TPSA) is 95.2 Å². The van der Waals surface area contributed by atoms with Crippen molar-refractivity contribution in [2.24, 2.45) is 0 Å². The Labute approximate surface area is 202 Å². The molecule has 0 atom stereocenters. The molecule has 0 saturated heterocycles. The summed E-state index contributed by atoms with van der Waals surface area (Å²) in [6, 6.07) is 7.40. The number of nitrogens with zero attached hydrogens (tertiary/aromatic N) is 4. The minimum Gasteiger partial charge on any atom is -0.206 e. The lowest BCUT2D eigenvalue weighted by molar-refractivity contribution is 0.603. The van der Waals surface area contributed by atoms with Gasteiger partial charge in [-0.2, -0.15) is 21.0 Å². The quantitative estimate of drug-likeness (QED) is 0.256. The van der Waals surface area contributed by atoms with Crippen molar-refractivity contribution in [3.05, 3.63) is 66.9 Å². The van der Waals surface area contributed by atoms with E-state index in [2.05, 4.69) is 0 Å². The summed E-state index contributed by atoms with van der Waals surface area (Å²) in [5.74, 6) is -1.49. The zero-order valence-corrected chi connectivity index (χ0v) is 19.6. The molecule has 0 radical (unpaired) electrons. The van der Waals surface area contributed by atoms with Crippen molar-refractivity contribution in [2.75, 3.05) is 0 Å². The van der Waals surface area contributed by atoms with E-state index in [0.717, 1.165) is 11.1 Å². The molecule has 0 fully saturated rings. The molecular formula is C26H12F2N4S2. The third-order valence-electron chi connectivity index (χ3n) is 6.28. The molecule has 0 saturated carbocycles. The highest BCUT2D eigenvalue weighted by molar-refractivity contribution is 7.14. The summed E-state index contributed by atoms with van der Waals surface area (Å²) >= 11 is 2.46. The number of aryl methyl sites for hydroxylation is 2. The number of hydrogen-bond donors (Lipinski definition) is 0. The molecule has 4 nitrogen and oxygen atoms in total. The molecule has 2 aliphatic rings. The molecular weight excluding hydrogens is 470 g/mol. The van der Waals surface area contributed by atoms with Gasteiger partial charge < -0.3 is 0 Å². The highest BCUT2D eigenvalue weighted by atomic mass is 32.1. The second kappa shape index (κ2) is 7.75. The third kappa shape index (κ3) is 2.50. The molecule has 1 aromatic carbocycles. The lowest BCUT2D eigenvalue weighted by Gasteiger charge is -2.13. The van der Waals surface area contributed by atoms with Crippen LogP contribution >= 0.6 is 22.7 Å². The summed E-state index contributed by atoms with van der Waals surface area (Å²) in [5.41, 5.74) is 2.03. The summed E-state index contributed by atoms with van der Waals surface area (Å²) in [6.07, 6.45) is 1.12. The van der Waals surface area contributed by atoms with Gasteiger partial charge in [0.15, 0.2) is 0 Å². The fraction of sp³-hybridized carbons (Fsp3) is 0.154. The van der Waals surface area contributed by atoms with Gasteiger partial charge in [-0.3, -0.25) is 0 Å². The molecule has 162 valence electrons. The van der Waals surface area contributed by atoms with Crippen molar-refractivity contribution in [3.8, 4) is 45.2 Å². The van der Waals surface area contributed by atoms with Gasteiger partial charge in [0.05, 0.1) is 0 Å². The van der Waals surface area contributed by atoms with Gasteiger partial charge in [-0.25, -0.2) is 8.78 Å². The average molecular weight is 483 g/mol. The van der Waals surface area contributed by atoms with Crippen LogP contribution in [0.1, 0.15) is 47.2 Å². The van der Waals surface area contributed by atoms with Gasteiger partial charge in [0, 0.05) is 54.3 Å². The minimum atomic E-state index is -0.745. The van der Waals surface area contributed by atoms with Crippen molar-refractivity contribution in [3.63, 3.8) is 0 Å². The van der Waals surface area contributed by atoms with Gasteiger partial charge in [-0.15, -0.1) is 22.7 Å². The second-order valence-electron chi connectivity index (χ2n) is 7.71. The Kier molecular flexibility index (Phi) is 4.96. The van der Waals surface area contributed by atoms with Gasteiger partial charge in [-0.05, 0) is 34.7 Å². The number of fused-ring (bicyclic) bond motifs is 6. The van der Waals surface area contributed by atoms with E-state index in [4.69, 9.17) is 0 Å². The van der Waals surface area contributed by atoms with Crippen LogP contribution in [0.2, 0.25) is 0 Å². The van der Waals surface area contributed by atoms with Crippen molar-refractivity contribution >= 4 is 33.8 Å². The number of halogens is 2. The summed E-state index contributed by atoms with van der Waals surface area (Å²) in [4.78, 5) is 0.898. The van der Waals surface area contributed by atoms with E-state index in [1.807, 2.05) is 48.9 Å². The van der Waals surface area contributed by atoms with E-state index in [1.165, 1.54) is 22.7 Å². The zero-order valence-electron chi connectivity index (χ0n) is 17.9. The van der Waals surface area contributed by atoms with Crippen LogP contribution in [-0.4, -0.2) is 0 Å². The highest BCUT2D eigenvalue weighted by Crippen LogP contribution is 2.60. The van der Waals surface area contributed by atoms with Gasteiger partial charge in [-0.1, -0.05) is 13.8 Å². The lowest BCUT2D eigenvalue weighted by Crippen LogP contribution is -2.01. The maximum atomic E-state index is 16.5. The monoisotopic (exact) mass is 482 g/mol. The number of thiophene rings is 2. The van der Waals surface area contributed by atoms with Crippen LogP contribution < -0.4 is 0 Å². The first-order valence-electron chi connectivity index (χ1n) is 10.4. The summed E-state index contributed by atoms with van der Waals surface area (Å²) in [7, 11) is 0. The van der Waals surface area contributed by atoms with Crippen molar-refractivity contribution < 1.29 is 8.78 Å². The molecule has 8 heteroatoms. The number of hydrogen-bond acceptors (Lipinski definition) is 6. The maximum Gasteiger partial charge on any atom is 0.141 e. The molecule has 2 aromatic heterocycles. The predicted molar refractivity (Wildman–Crippen MR) is 126 cm³/mol. The van der Waals surface area contributed by atoms with Crippen LogP contribution in [0.5, 0.6) is 0 Å². The molecule has 0 bridgehead atoms. The van der Waals surface area contributed by atoms with Crippen LogP contribution in [0.3, 0.4) is 0 Å².